The zero-order chi connectivity index (χ0) is 14.0. The number of benzene rings is 1. The van der Waals surface area contributed by atoms with Crippen LogP contribution in [0.25, 0.3) is 0 Å². The Hall–Kier alpha value is -2.15. The molecule has 0 aliphatic carbocycles. The van der Waals surface area contributed by atoms with Gasteiger partial charge >= 0.3 is 0 Å². The van der Waals surface area contributed by atoms with E-state index in [1.165, 1.54) is 12.1 Å². The van der Waals surface area contributed by atoms with Gasteiger partial charge in [0.05, 0.1) is 16.5 Å². The number of aromatic hydroxyl groups is 1. The standard InChI is InChI=1S/C12H15N3O4/c1-12(5-2-6-13-12)11(17)14-9-4-3-8(16)7-10(9)15(18)19/h3-4,7,13,16H,2,5-6H2,1H3,(H,14,17). The van der Waals surface area contributed by atoms with E-state index in [2.05, 4.69) is 10.6 Å². The maximum absolute atomic E-state index is 12.1. The van der Waals surface area contributed by atoms with Crippen molar-refractivity contribution in [3.8, 4) is 5.75 Å². The van der Waals surface area contributed by atoms with Gasteiger partial charge < -0.3 is 15.7 Å². The molecule has 7 heteroatoms. The fourth-order valence-electron chi connectivity index (χ4n) is 2.13. The number of anilines is 1. The Labute approximate surface area is 109 Å². The smallest absolute Gasteiger partial charge is 0.296 e. The van der Waals surface area contributed by atoms with Crippen LogP contribution in [0.4, 0.5) is 11.4 Å². The molecule has 0 saturated carbocycles. The average Bonchev–Trinajstić information content (AvgIpc) is 2.79. The molecule has 0 radical (unpaired) electrons. The Morgan fingerprint density at radius 3 is 2.89 bits per heavy atom. The molecule has 1 unspecified atom stereocenters. The quantitative estimate of drug-likeness (QED) is 0.435. The number of nitrogens with zero attached hydrogens (tertiary/aromatic N) is 1. The molecule has 102 valence electrons. The molecule has 1 aromatic carbocycles. The normalized spacial score (nSPS) is 22.2. The van der Waals surface area contributed by atoms with Crippen molar-refractivity contribution in [1.29, 1.82) is 0 Å². The van der Waals surface area contributed by atoms with Crippen LogP contribution < -0.4 is 10.6 Å². The summed E-state index contributed by atoms with van der Waals surface area (Å²) in [4.78, 5) is 22.4. The van der Waals surface area contributed by atoms with Crippen LogP contribution in [-0.2, 0) is 4.79 Å². The van der Waals surface area contributed by atoms with E-state index in [4.69, 9.17) is 0 Å². The molecule has 3 N–H and O–H groups in total. The third-order valence-electron chi connectivity index (χ3n) is 3.30. The lowest BCUT2D eigenvalue weighted by Gasteiger charge is -2.22. The Kier molecular flexibility index (Phi) is 3.39. The van der Waals surface area contributed by atoms with E-state index in [1.54, 1.807) is 6.92 Å². The molecule has 1 aromatic rings. The summed E-state index contributed by atoms with van der Waals surface area (Å²) in [7, 11) is 0. The third kappa shape index (κ3) is 2.65. The molecular weight excluding hydrogens is 250 g/mol. The zero-order valence-electron chi connectivity index (χ0n) is 10.5. The number of phenols is 1. The number of phenolic OH excluding ortho intramolecular Hbond substituents is 1. The molecule has 19 heavy (non-hydrogen) atoms. The number of hydrogen-bond donors (Lipinski definition) is 3. The number of carbonyl (C=O) groups excluding carboxylic acids is 1. The van der Waals surface area contributed by atoms with Crippen LogP contribution in [0.1, 0.15) is 19.8 Å². The number of nitro benzene ring substituents is 1. The van der Waals surface area contributed by atoms with Gasteiger partial charge in [0.15, 0.2) is 0 Å². The average molecular weight is 265 g/mol. The van der Waals surface area contributed by atoms with E-state index in [-0.39, 0.29) is 23.0 Å². The third-order valence-corrected chi connectivity index (χ3v) is 3.30. The summed E-state index contributed by atoms with van der Waals surface area (Å²) in [5.41, 5.74) is -0.941. The molecule has 0 bridgehead atoms. The van der Waals surface area contributed by atoms with Gasteiger partial charge in [-0.15, -0.1) is 0 Å². The summed E-state index contributed by atoms with van der Waals surface area (Å²) in [5.74, 6) is -0.520. The minimum Gasteiger partial charge on any atom is -0.508 e. The molecule has 1 atom stereocenters. The van der Waals surface area contributed by atoms with Crippen molar-refractivity contribution >= 4 is 17.3 Å². The van der Waals surface area contributed by atoms with Crippen molar-refractivity contribution in [3.63, 3.8) is 0 Å². The first-order chi connectivity index (χ1) is 8.92. The first kappa shape index (κ1) is 13.3. The van der Waals surface area contributed by atoms with Crippen molar-refractivity contribution in [1.82, 2.24) is 5.32 Å². The van der Waals surface area contributed by atoms with Gasteiger partial charge in [-0.3, -0.25) is 14.9 Å². The number of nitrogens with one attached hydrogen (secondary N) is 2. The zero-order valence-corrected chi connectivity index (χ0v) is 10.5. The lowest BCUT2D eigenvalue weighted by Crippen LogP contribution is -2.48. The summed E-state index contributed by atoms with van der Waals surface area (Å²) < 4.78 is 0. The molecule has 1 aliphatic rings. The van der Waals surface area contributed by atoms with Gasteiger partial charge in [-0.25, -0.2) is 0 Å². The number of carbonyl (C=O) groups is 1. The lowest BCUT2D eigenvalue weighted by molar-refractivity contribution is -0.384. The second-order valence-corrected chi connectivity index (χ2v) is 4.78. The first-order valence-electron chi connectivity index (χ1n) is 5.96. The van der Waals surface area contributed by atoms with E-state index in [0.29, 0.717) is 6.42 Å². The maximum atomic E-state index is 12.1. The maximum Gasteiger partial charge on any atom is 0.296 e. The Morgan fingerprint density at radius 1 is 1.58 bits per heavy atom. The topological polar surface area (TPSA) is 104 Å². The Morgan fingerprint density at radius 2 is 2.32 bits per heavy atom. The van der Waals surface area contributed by atoms with Crippen LogP contribution in [-0.4, -0.2) is 28.0 Å². The summed E-state index contributed by atoms with van der Waals surface area (Å²) in [6.07, 6.45) is 1.58. The van der Waals surface area contributed by atoms with Crippen LogP contribution in [0.3, 0.4) is 0 Å². The van der Waals surface area contributed by atoms with E-state index < -0.39 is 10.5 Å². The molecule has 2 rings (SSSR count). The predicted octanol–water partition coefficient (Wildman–Crippen LogP) is 1.38. The highest BCUT2D eigenvalue weighted by atomic mass is 16.6. The van der Waals surface area contributed by atoms with Gasteiger partial charge in [0.2, 0.25) is 5.91 Å². The number of rotatable bonds is 3. The summed E-state index contributed by atoms with van der Waals surface area (Å²) in [6.45, 7) is 2.52. The first-order valence-corrected chi connectivity index (χ1v) is 5.96. The van der Waals surface area contributed by atoms with Crippen LogP contribution >= 0.6 is 0 Å². The van der Waals surface area contributed by atoms with Gasteiger partial charge in [-0.1, -0.05) is 0 Å². The van der Waals surface area contributed by atoms with Gasteiger partial charge in [-0.05, 0) is 38.4 Å². The van der Waals surface area contributed by atoms with Gasteiger partial charge in [0.25, 0.3) is 5.69 Å². The fourth-order valence-corrected chi connectivity index (χ4v) is 2.13. The van der Waals surface area contributed by atoms with Crippen molar-refractivity contribution in [3.05, 3.63) is 28.3 Å². The summed E-state index contributed by atoms with van der Waals surface area (Å²) >= 11 is 0. The van der Waals surface area contributed by atoms with Crippen molar-refractivity contribution in [2.24, 2.45) is 0 Å². The fraction of sp³-hybridized carbons (Fsp3) is 0.417. The highest BCUT2D eigenvalue weighted by molar-refractivity contribution is 5.99. The van der Waals surface area contributed by atoms with E-state index in [0.717, 1.165) is 19.0 Å². The molecule has 1 aliphatic heterocycles. The minimum absolute atomic E-state index is 0.0859. The minimum atomic E-state index is -0.703. The molecule has 0 spiro atoms. The van der Waals surface area contributed by atoms with Crippen LogP contribution in [0.15, 0.2) is 18.2 Å². The molecule has 1 saturated heterocycles. The van der Waals surface area contributed by atoms with Crippen molar-refractivity contribution in [2.75, 3.05) is 11.9 Å². The van der Waals surface area contributed by atoms with Crippen molar-refractivity contribution < 1.29 is 14.8 Å². The van der Waals surface area contributed by atoms with E-state index in [1.807, 2.05) is 0 Å². The second kappa shape index (κ2) is 4.85. The van der Waals surface area contributed by atoms with Gasteiger partial charge in [0.1, 0.15) is 11.4 Å². The van der Waals surface area contributed by atoms with E-state index in [9.17, 15) is 20.0 Å². The number of hydrogen-bond acceptors (Lipinski definition) is 5. The molecular formula is C12H15N3O4. The SMILES string of the molecule is CC1(C(=O)Nc2ccc(O)cc2[N+](=O)[O-])CCCN1. The second-order valence-electron chi connectivity index (χ2n) is 4.78. The van der Waals surface area contributed by atoms with Crippen molar-refractivity contribution in [2.45, 2.75) is 25.3 Å². The Bertz CT molecular complexity index is 524. The highest BCUT2D eigenvalue weighted by Crippen LogP contribution is 2.30. The van der Waals surface area contributed by atoms with Gasteiger partial charge in [-0.2, -0.15) is 0 Å². The lowest BCUT2D eigenvalue weighted by atomic mass is 9.99. The Balaban J connectivity index is 2.23. The van der Waals surface area contributed by atoms with Crippen LogP contribution in [0.2, 0.25) is 0 Å². The molecule has 1 heterocycles. The molecule has 0 aromatic heterocycles. The van der Waals surface area contributed by atoms with Crippen LogP contribution in [0.5, 0.6) is 5.75 Å². The summed E-state index contributed by atoms with van der Waals surface area (Å²) in [6, 6.07) is 3.64. The highest BCUT2D eigenvalue weighted by Gasteiger charge is 2.36. The van der Waals surface area contributed by atoms with E-state index >= 15 is 0 Å². The summed E-state index contributed by atoms with van der Waals surface area (Å²) in [5, 5.41) is 25.8. The largest absolute Gasteiger partial charge is 0.508 e. The molecule has 7 nitrogen and oxygen atoms in total. The number of amides is 1. The van der Waals surface area contributed by atoms with Gasteiger partial charge in [0, 0.05) is 0 Å². The predicted molar refractivity (Wildman–Crippen MR) is 69.0 cm³/mol. The monoisotopic (exact) mass is 265 g/mol. The number of nitro groups is 1. The van der Waals surface area contributed by atoms with Crippen LogP contribution in [0, 0.1) is 10.1 Å². The molecule has 1 fully saturated rings. The molecule has 1 amide bonds.